The third-order valence-electron chi connectivity index (χ3n) is 5.34. The Morgan fingerprint density at radius 1 is 0.486 bits per heavy atom. The molecule has 0 N–H and O–H groups in total. The second kappa shape index (κ2) is 12.3. The molecule has 0 atom stereocenters. The van der Waals surface area contributed by atoms with Gasteiger partial charge in [-0.25, -0.2) is 0 Å². The highest BCUT2D eigenvalue weighted by molar-refractivity contribution is 6.49. The summed E-state index contributed by atoms with van der Waals surface area (Å²) in [6, 6.07) is 35.3. The van der Waals surface area contributed by atoms with Gasteiger partial charge in [0, 0.05) is 36.5 Å². The average Bonchev–Trinajstić information content (AvgIpc) is 2.95. The summed E-state index contributed by atoms with van der Waals surface area (Å²) in [7, 11) is 2.94. The highest BCUT2D eigenvalue weighted by Gasteiger charge is 2.41. The van der Waals surface area contributed by atoms with E-state index < -0.39 is 17.4 Å². The maximum atomic E-state index is 12.7. The lowest BCUT2D eigenvalue weighted by Crippen LogP contribution is -2.39. The molecule has 5 heteroatoms. The third kappa shape index (κ3) is 6.03. The number of rotatable bonds is 8. The van der Waals surface area contributed by atoms with E-state index in [-0.39, 0.29) is 5.78 Å². The first kappa shape index (κ1) is 25.4. The zero-order chi connectivity index (χ0) is 25.1. The van der Waals surface area contributed by atoms with E-state index in [1.165, 1.54) is 14.2 Å². The Morgan fingerprint density at radius 2 is 0.800 bits per heavy atom. The Morgan fingerprint density at radius 3 is 1.14 bits per heavy atom. The van der Waals surface area contributed by atoms with E-state index in [0.717, 1.165) is 0 Å². The molecule has 0 unspecified atom stereocenters. The van der Waals surface area contributed by atoms with Crippen LogP contribution < -0.4 is 0 Å². The summed E-state index contributed by atoms with van der Waals surface area (Å²) in [5, 5.41) is 0. The first-order valence-electron chi connectivity index (χ1n) is 11.0. The van der Waals surface area contributed by atoms with Gasteiger partial charge in [-0.05, 0) is 0 Å². The number of ether oxygens (including phenoxy) is 2. The summed E-state index contributed by atoms with van der Waals surface area (Å²) in [5.41, 5.74) is 2.08. The molecule has 0 aliphatic rings. The Bertz CT molecular complexity index is 1180. The highest BCUT2D eigenvalue weighted by atomic mass is 16.7. The van der Waals surface area contributed by atoms with E-state index in [1.807, 2.05) is 60.7 Å². The zero-order valence-electron chi connectivity index (χ0n) is 19.6. The van der Waals surface area contributed by atoms with Gasteiger partial charge in [0.1, 0.15) is 0 Å². The fourth-order valence-electron chi connectivity index (χ4n) is 3.51. The van der Waals surface area contributed by atoms with Crippen molar-refractivity contribution in [2.24, 2.45) is 0 Å². The molecular formula is C30H26O5. The molecule has 0 amide bonds. The minimum atomic E-state index is -1.40. The molecule has 0 saturated heterocycles. The third-order valence-corrected chi connectivity index (χ3v) is 5.34. The summed E-state index contributed by atoms with van der Waals surface area (Å²) < 4.78 is 10.8. The Hall–Kier alpha value is -4.19. The first-order chi connectivity index (χ1) is 17.0. The van der Waals surface area contributed by atoms with E-state index >= 15 is 0 Å². The second-order valence-electron chi connectivity index (χ2n) is 7.48. The molecule has 176 valence electrons. The van der Waals surface area contributed by atoms with Crippen molar-refractivity contribution in [2.45, 2.75) is 5.79 Å². The van der Waals surface area contributed by atoms with Crippen molar-refractivity contribution in [1.29, 1.82) is 0 Å². The number of ketones is 3. The van der Waals surface area contributed by atoms with Crippen LogP contribution in [-0.2, 0) is 15.3 Å². The van der Waals surface area contributed by atoms with E-state index in [4.69, 9.17) is 9.47 Å². The Balaban J connectivity index is 0.000000198. The quantitative estimate of drug-likeness (QED) is 0.187. The lowest BCUT2D eigenvalue weighted by Gasteiger charge is -2.29. The number of Topliss-reactive ketones (excluding diaryl/α,β-unsaturated/α-hetero) is 3. The largest absolute Gasteiger partial charge is 0.343 e. The molecule has 0 saturated carbocycles. The molecule has 0 fully saturated rings. The smallest absolute Gasteiger partial charge is 0.260 e. The van der Waals surface area contributed by atoms with Crippen molar-refractivity contribution in [2.75, 3.05) is 14.2 Å². The van der Waals surface area contributed by atoms with Crippen molar-refractivity contribution < 1.29 is 23.9 Å². The normalized spacial score (nSPS) is 10.6. The molecule has 4 aromatic carbocycles. The molecule has 0 aliphatic carbocycles. The van der Waals surface area contributed by atoms with Crippen LogP contribution in [0.1, 0.15) is 36.6 Å². The van der Waals surface area contributed by atoms with E-state index in [1.54, 1.807) is 60.7 Å². The number of carbonyl (C=O) groups excluding carboxylic acids is 3. The number of hydrogen-bond acceptors (Lipinski definition) is 5. The van der Waals surface area contributed by atoms with Gasteiger partial charge in [-0.3, -0.25) is 14.4 Å². The van der Waals surface area contributed by atoms with Crippen LogP contribution in [-0.4, -0.2) is 31.6 Å². The molecule has 0 heterocycles. The van der Waals surface area contributed by atoms with E-state index in [0.29, 0.717) is 22.3 Å². The van der Waals surface area contributed by atoms with Gasteiger partial charge in [0.25, 0.3) is 5.79 Å². The van der Waals surface area contributed by atoms with Crippen molar-refractivity contribution in [3.8, 4) is 0 Å². The van der Waals surface area contributed by atoms with Crippen LogP contribution in [0.2, 0.25) is 0 Å². The molecule has 4 aromatic rings. The lowest BCUT2D eigenvalue weighted by molar-refractivity contribution is -0.176. The van der Waals surface area contributed by atoms with Gasteiger partial charge in [0.2, 0.25) is 17.3 Å². The molecule has 35 heavy (non-hydrogen) atoms. The van der Waals surface area contributed by atoms with Crippen LogP contribution in [0.4, 0.5) is 0 Å². The average molecular weight is 467 g/mol. The molecule has 4 rings (SSSR count). The minimum absolute atomic E-state index is 0.218. The van der Waals surface area contributed by atoms with Gasteiger partial charge in [0.05, 0.1) is 0 Å². The summed E-state index contributed by atoms with van der Waals surface area (Å²) in [4.78, 5) is 36.3. The standard InChI is InChI=1S/C16H16O3.C14H10O2/c1-18-16(19-2,14-11-7-4-8-12-14)15(17)13-9-5-3-6-10-13;15-13(11-7-3-1-4-8-11)14(16)12-9-5-2-6-10-12/h3-12H,1-2H3;1-10H. The molecule has 0 spiro atoms. The van der Waals surface area contributed by atoms with Gasteiger partial charge in [-0.1, -0.05) is 121 Å². The van der Waals surface area contributed by atoms with Gasteiger partial charge < -0.3 is 9.47 Å². The maximum Gasteiger partial charge on any atom is 0.260 e. The Labute approximate surface area is 205 Å². The van der Waals surface area contributed by atoms with Crippen LogP contribution in [0, 0.1) is 0 Å². The Kier molecular flexibility index (Phi) is 8.95. The lowest BCUT2D eigenvalue weighted by atomic mass is 9.96. The van der Waals surface area contributed by atoms with Crippen molar-refractivity contribution >= 4 is 17.3 Å². The number of methoxy groups -OCH3 is 2. The number of carbonyl (C=O) groups is 3. The fourth-order valence-corrected chi connectivity index (χ4v) is 3.51. The monoisotopic (exact) mass is 466 g/mol. The van der Waals surface area contributed by atoms with Crippen molar-refractivity contribution in [1.82, 2.24) is 0 Å². The maximum absolute atomic E-state index is 12.7. The summed E-state index contributed by atoms with van der Waals surface area (Å²) in [6.07, 6.45) is 0. The summed E-state index contributed by atoms with van der Waals surface area (Å²) in [6.45, 7) is 0. The number of benzene rings is 4. The molecule has 0 aromatic heterocycles. The van der Waals surface area contributed by atoms with Crippen LogP contribution in [0.25, 0.3) is 0 Å². The zero-order valence-corrected chi connectivity index (χ0v) is 19.6. The summed E-state index contributed by atoms with van der Waals surface area (Å²) in [5.74, 6) is -2.55. The van der Waals surface area contributed by atoms with Crippen LogP contribution >= 0.6 is 0 Å². The summed E-state index contributed by atoms with van der Waals surface area (Å²) >= 11 is 0. The van der Waals surface area contributed by atoms with Crippen molar-refractivity contribution in [3.63, 3.8) is 0 Å². The predicted molar refractivity (Wildman–Crippen MR) is 134 cm³/mol. The van der Waals surface area contributed by atoms with E-state index in [9.17, 15) is 14.4 Å². The van der Waals surface area contributed by atoms with Crippen LogP contribution in [0.5, 0.6) is 0 Å². The van der Waals surface area contributed by atoms with E-state index in [2.05, 4.69) is 0 Å². The van der Waals surface area contributed by atoms with Gasteiger partial charge >= 0.3 is 0 Å². The second-order valence-corrected chi connectivity index (χ2v) is 7.48. The molecule has 5 nitrogen and oxygen atoms in total. The van der Waals surface area contributed by atoms with Crippen molar-refractivity contribution in [3.05, 3.63) is 144 Å². The van der Waals surface area contributed by atoms with Gasteiger partial charge in [-0.2, -0.15) is 0 Å². The topological polar surface area (TPSA) is 69.7 Å². The van der Waals surface area contributed by atoms with Gasteiger partial charge in [-0.15, -0.1) is 0 Å². The molecule has 0 radical (unpaired) electrons. The first-order valence-corrected chi connectivity index (χ1v) is 11.0. The molecule has 0 aliphatic heterocycles. The van der Waals surface area contributed by atoms with Gasteiger partial charge in [0.15, 0.2) is 0 Å². The minimum Gasteiger partial charge on any atom is -0.343 e. The molecule has 0 bridgehead atoms. The predicted octanol–water partition coefficient (Wildman–Crippen LogP) is 5.77. The van der Waals surface area contributed by atoms with Crippen LogP contribution in [0.15, 0.2) is 121 Å². The SMILES string of the molecule is COC(OC)(C(=O)c1ccccc1)c1ccccc1.O=C(C(=O)c1ccccc1)c1ccccc1. The molecular weight excluding hydrogens is 440 g/mol. The highest BCUT2D eigenvalue weighted by Crippen LogP contribution is 2.30. The van der Waals surface area contributed by atoms with Crippen LogP contribution in [0.3, 0.4) is 0 Å². The fraction of sp³-hybridized carbons (Fsp3) is 0.100. The number of hydrogen-bond donors (Lipinski definition) is 0.